The van der Waals surface area contributed by atoms with Crippen LogP contribution in [0.4, 0.5) is 0 Å². The van der Waals surface area contributed by atoms with E-state index < -0.39 is 6.00 Å². The minimum Gasteiger partial charge on any atom is -0.493 e. The average Bonchev–Trinajstić information content (AvgIpc) is 2.63. The molecule has 0 N–H and O–H groups in total. The van der Waals surface area contributed by atoms with Gasteiger partial charge in [-0.1, -0.05) is 51.7 Å². The van der Waals surface area contributed by atoms with Crippen LogP contribution in [0.2, 0.25) is 6.04 Å². The molecule has 0 aromatic heterocycles. The highest BCUT2D eigenvalue weighted by molar-refractivity contribution is 7.64. The van der Waals surface area contributed by atoms with E-state index in [-0.39, 0.29) is 0 Å². The summed E-state index contributed by atoms with van der Waals surface area (Å²) in [6, 6.07) is 5.03. The molecule has 1 aliphatic rings. The fourth-order valence-electron chi connectivity index (χ4n) is 4.09. The molecule has 2 rings (SSSR count). The lowest BCUT2D eigenvalue weighted by Crippen LogP contribution is -2.12. The molecule has 26 heavy (non-hydrogen) atoms. The monoisotopic (exact) mass is 434 g/mol. The summed E-state index contributed by atoms with van der Waals surface area (Å²) in [6.07, 6.45) is 11.1. The molecular weight excluding hydrogens is 403 g/mol. The van der Waals surface area contributed by atoms with Gasteiger partial charge in [0.05, 0.1) is 6.61 Å². The lowest BCUT2D eigenvalue weighted by molar-refractivity contribution is 0.307. The molecule has 1 aromatic rings. The van der Waals surface area contributed by atoms with Crippen molar-refractivity contribution >= 4 is 39.2 Å². The van der Waals surface area contributed by atoms with Gasteiger partial charge in [-0.3, -0.25) is 0 Å². The first kappa shape index (κ1) is 22.4. The summed E-state index contributed by atoms with van der Waals surface area (Å²) < 4.78 is 6.16. The minimum atomic E-state index is -2.54. The second-order valence-electron chi connectivity index (χ2n) is 7.59. The highest BCUT2D eigenvalue weighted by Gasteiger charge is 2.25. The molecule has 1 unspecified atom stereocenters. The Morgan fingerprint density at radius 3 is 2.46 bits per heavy atom. The van der Waals surface area contributed by atoms with Crippen molar-refractivity contribution in [3.63, 3.8) is 0 Å². The first-order valence-corrected chi connectivity index (χ1v) is 15.5. The van der Waals surface area contributed by atoms with Crippen LogP contribution in [0.25, 0.3) is 0 Å². The summed E-state index contributed by atoms with van der Waals surface area (Å²) in [5.41, 5.74) is 2.90. The van der Waals surface area contributed by atoms with Crippen LogP contribution >= 0.6 is 33.2 Å². The Hall–Kier alpha value is 0.107. The first-order chi connectivity index (χ1) is 12.4. The van der Waals surface area contributed by atoms with Crippen LogP contribution in [0.15, 0.2) is 18.2 Å². The van der Waals surface area contributed by atoms with Gasteiger partial charge in [0.2, 0.25) is 0 Å². The van der Waals surface area contributed by atoms with Crippen molar-refractivity contribution in [2.45, 2.75) is 89.5 Å². The van der Waals surface area contributed by atoms with Crippen molar-refractivity contribution in [2.75, 3.05) is 6.61 Å². The molecular formula is C21H33Cl3OSi. The third-order valence-electron chi connectivity index (χ3n) is 5.54. The maximum Gasteiger partial charge on any atom is 0.341 e. The fraction of sp³-hybridized carbons (Fsp3) is 0.714. The molecule has 0 heterocycles. The molecule has 0 spiro atoms. The molecule has 1 fully saturated rings. The van der Waals surface area contributed by atoms with Crippen LogP contribution in [0.5, 0.6) is 5.75 Å². The van der Waals surface area contributed by atoms with E-state index in [9.17, 15) is 0 Å². The number of hydrogen-bond acceptors (Lipinski definition) is 1. The molecule has 1 nitrogen and oxygen atoms in total. The van der Waals surface area contributed by atoms with Gasteiger partial charge < -0.3 is 4.74 Å². The van der Waals surface area contributed by atoms with E-state index in [1.807, 2.05) is 0 Å². The lowest BCUT2D eigenvalue weighted by Gasteiger charge is -2.26. The van der Waals surface area contributed by atoms with Crippen LogP contribution in [0.1, 0.15) is 94.6 Å². The standard InChI is InChI=1S/C21H33Cl3OSi/c1-3-9-17(4-2)19-12-13-21(25-14-8-15-26(22,23)24)20(16-19)18-10-6-5-7-11-18/h12-13,16-18H,3-11,14-15H2,1-2H3. The van der Waals surface area contributed by atoms with E-state index in [0.29, 0.717) is 24.5 Å². The van der Waals surface area contributed by atoms with Crippen molar-refractivity contribution in [2.24, 2.45) is 0 Å². The molecule has 0 saturated heterocycles. The Morgan fingerprint density at radius 1 is 1.12 bits per heavy atom. The van der Waals surface area contributed by atoms with Crippen LogP contribution in [-0.2, 0) is 0 Å². The largest absolute Gasteiger partial charge is 0.493 e. The van der Waals surface area contributed by atoms with E-state index in [0.717, 1.165) is 12.2 Å². The molecule has 5 heteroatoms. The number of ether oxygens (including phenoxy) is 1. The second kappa shape index (κ2) is 11.2. The van der Waals surface area contributed by atoms with Crippen LogP contribution in [-0.4, -0.2) is 12.6 Å². The SMILES string of the molecule is CCCC(CC)c1ccc(OCCC[Si](Cl)(Cl)Cl)c(C2CCCCC2)c1. The number of rotatable bonds is 10. The summed E-state index contributed by atoms with van der Waals surface area (Å²) in [5.74, 6) is 2.35. The highest BCUT2D eigenvalue weighted by atomic mass is 35.8. The summed E-state index contributed by atoms with van der Waals surface area (Å²) in [4.78, 5) is 0. The van der Waals surface area contributed by atoms with Crippen molar-refractivity contribution < 1.29 is 4.74 Å². The Balaban J connectivity index is 2.14. The molecule has 0 bridgehead atoms. The van der Waals surface area contributed by atoms with Gasteiger partial charge in [-0.25, -0.2) is 0 Å². The summed E-state index contributed by atoms with van der Waals surface area (Å²) in [5, 5.41) is 0. The number of halogens is 3. The van der Waals surface area contributed by atoms with Gasteiger partial charge in [-0.05, 0) is 67.2 Å². The van der Waals surface area contributed by atoms with Crippen molar-refractivity contribution in [1.82, 2.24) is 0 Å². The van der Waals surface area contributed by atoms with E-state index in [1.54, 1.807) is 0 Å². The van der Waals surface area contributed by atoms with Crippen LogP contribution in [0, 0.1) is 0 Å². The third-order valence-corrected chi connectivity index (χ3v) is 8.16. The third kappa shape index (κ3) is 7.26. The quantitative estimate of drug-likeness (QED) is 0.203. The van der Waals surface area contributed by atoms with Crippen molar-refractivity contribution in [1.29, 1.82) is 0 Å². The molecule has 148 valence electrons. The zero-order valence-electron chi connectivity index (χ0n) is 16.2. The Bertz CT molecular complexity index is 539. The average molecular weight is 436 g/mol. The second-order valence-corrected chi connectivity index (χ2v) is 16.9. The number of benzene rings is 1. The summed E-state index contributed by atoms with van der Waals surface area (Å²) in [7, 11) is 0. The molecule has 0 radical (unpaired) electrons. The Morgan fingerprint density at radius 2 is 1.85 bits per heavy atom. The van der Waals surface area contributed by atoms with Crippen molar-refractivity contribution in [3.8, 4) is 5.75 Å². The zero-order valence-corrected chi connectivity index (χ0v) is 19.5. The van der Waals surface area contributed by atoms with Gasteiger partial charge >= 0.3 is 6.00 Å². The maximum atomic E-state index is 6.16. The van der Waals surface area contributed by atoms with E-state index in [2.05, 4.69) is 32.0 Å². The number of hydrogen-bond donors (Lipinski definition) is 0. The molecule has 0 aliphatic heterocycles. The first-order valence-electron chi connectivity index (χ1n) is 10.3. The van der Waals surface area contributed by atoms with Crippen LogP contribution < -0.4 is 4.74 Å². The normalized spacial score (nSPS) is 17.3. The summed E-state index contributed by atoms with van der Waals surface area (Å²) in [6.45, 7) is 5.20. The molecule has 1 aliphatic carbocycles. The topological polar surface area (TPSA) is 9.23 Å². The smallest absolute Gasteiger partial charge is 0.341 e. The zero-order chi connectivity index (χ0) is 19.0. The van der Waals surface area contributed by atoms with Gasteiger partial charge in [0.15, 0.2) is 0 Å². The van der Waals surface area contributed by atoms with Gasteiger partial charge in [-0.2, -0.15) is 0 Å². The molecule has 1 atom stereocenters. The fourth-order valence-corrected chi connectivity index (χ4v) is 5.84. The lowest BCUT2D eigenvalue weighted by atomic mass is 9.81. The van der Waals surface area contributed by atoms with E-state index in [4.69, 9.17) is 38.0 Å². The molecule has 1 aromatic carbocycles. The molecule has 0 amide bonds. The van der Waals surface area contributed by atoms with Crippen molar-refractivity contribution in [3.05, 3.63) is 29.3 Å². The molecule has 1 saturated carbocycles. The van der Waals surface area contributed by atoms with Gasteiger partial charge in [0.1, 0.15) is 5.75 Å². The van der Waals surface area contributed by atoms with E-state index >= 15 is 0 Å². The van der Waals surface area contributed by atoms with Gasteiger partial charge in [0, 0.05) is 0 Å². The maximum absolute atomic E-state index is 6.16. The predicted octanol–water partition coefficient (Wildman–Crippen LogP) is 8.45. The van der Waals surface area contributed by atoms with Gasteiger partial charge in [-0.15, -0.1) is 33.2 Å². The van der Waals surface area contributed by atoms with Gasteiger partial charge in [0.25, 0.3) is 0 Å². The predicted molar refractivity (Wildman–Crippen MR) is 118 cm³/mol. The Kier molecular flexibility index (Phi) is 9.64. The summed E-state index contributed by atoms with van der Waals surface area (Å²) >= 11 is 18.0. The van der Waals surface area contributed by atoms with E-state index in [1.165, 1.54) is 62.5 Å². The Labute approximate surface area is 174 Å². The van der Waals surface area contributed by atoms with Crippen LogP contribution in [0.3, 0.4) is 0 Å². The highest BCUT2D eigenvalue weighted by Crippen LogP contribution is 2.40. The minimum absolute atomic E-state index is 0.631.